The third kappa shape index (κ3) is 3.17. The number of ether oxygens (including phenoxy) is 3. The van der Waals surface area contributed by atoms with Crippen molar-refractivity contribution in [2.75, 3.05) is 27.1 Å². The van der Waals surface area contributed by atoms with Crippen molar-refractivity contribution in [1.29, 1.82) is 0 Å². The molecule has 0 unspecified atom stereocenters. The zero-order chi connectivity index (χ0) is 18.9. The van der Waals surface area contributed by atoms with E-state index in [9.17, 15) is 14.4 Å². The molecule has 2 atom stereocenters. The van der Waals surface area contributed by atoms with E-state index in [2.05, 4.69) is 10.6 Å². The van der Waals surface area contributed by atoms with Crippen LogP contribution in [0, 0.1) is 0 Å². The molecule has 26 heavy (non-hydrogen) atoms. The van der Waals surface area contributed by atoms with Gasteiger partial charge in [-0.25, -0.2) is 4.79 Å². The van der Waals surface area contributed by atoms with Crippen LogP contribution in [0.1, 0.15) is 19.4 Å². The van der Waals surface area contributed by atoms with Crippen molar-refractivity contribution >= 4 is 17.8 Å². The summed E-state index contributed by atoms with van der Waals surface area (Å²) in [7, 11) is 1.52. The fourth-order valence-electron chi connectivity index (χ4n) is 3.00. The lowest BCUT2D eigenvalue weighted by Gasteiger charge is -2.22. The van der Waals surface area contributed by atoms with E-state index in [4.69, 9.17) is 14.2 Å². The van der Waals surface area contributed by atoms with Crippen molar-refractivity contribution in [3.8, 4) is 11.5 Å². The molecule has 0 bridgehead atoms. The summed E-state index contributed by atoms with van der Waals surface area (Å²) in [6.07, 6.45) is 0. The van der Waals surface area contributed by atoms with Crippen LogP contribution >= 0.6 is 0 Å². The van der Waals surface area contributed by atoms with Gasteiger partial charge in [0.2, 0.25) is 12.7 Å². The number of nitrogens with zero attached hydrogens (tertiary/aromatic N) is 1. The Morgan fingerprint density at radius 1 is 1.38 bits per heavy atom. The number of hydrogen-bond donors (Lipinski definition) is 2. The highest BCUT2D eigenvalue weighted by Gasteiger charge is 2.49. The lowest BCUT2D eigenvalue weighted by atomic mass is 9.91. The molecule has 0 saturated carbocycles. The average molecular weight is 363 g/mol. The Kier molecular flexibility index (Phi) is 4.73. The van der Waals surface area contributed by atoms with Gasteiger partial charge in [-0.1, -0.05) is 6.07 Å². The molecule has 140 valence electrons. The largest absolute Gasteiger partial charge is 0.454 e. The molecule has 2 aliphatic heterocycles. The van der Waals surface area contributed by atoms with E-state index in [0.29, 0.717) is 23.7 Å². The fraction of sp³-hybridized carbons (Fsp3) is 0.471. The molecule has 3 rings (SSSR count). The zero-order valence-corrected chi connectivity index (χ0v) is 14.8. The summed E-state index contributed by atoms with van der Waals surface area (Å²) in [5.41, 5.74) is -0.730. The Labute approximate surface area is 150 Å². The number of urea groups is 1. The van der Waals surface area contributed by atoms with Gasteiger partial charge in [-0.05, 0) is 31.5 Å². The van der Waals surface area contributed by atoms with Gasteiger partial charge in [-0.3, -0.25) is 14.5 Å². The molecule has 0 aliphatic carbocycles. The van der Waals surface area contributed by atoms with Gasteiger partial charge in [-0.2, -0.15) is 0 Å². The van der Waals surface area contributed by atoms with Crippen LogP contribution in [0.4, 0.5) is 4.79 Å². The third-order valence-corrected chi connectivity index (χ3v) is 4.35. The van der Waals surface area contributed by atoms with Crippen molar-refractivity contribution in [2.45, 2.75) is 25.4 Å². The van der Waals surface area contributed by atoms with Gasteiger partial charge in [-0.15, -0.1) is 0 Å². The predicted octanol–water partition coefficient (Wildman–Crippen LogP) is 0.333. The van der Waals surface area contributed by atoms with Gasteiger partial charge >= 0.3 is 6.03 Å². The first-order valence-electron chi connectivity index (χ1n) is 8.17. The Hall–Kier alpha value is -2.81. The highest BCUT2D eigenvalue weighted by Crippen LogP contribution is 2.37. The van der Waals surface area contributed by atoms with Crippen LogP contribution in [0.3, 0.4) is 0 Å². The second kappa shape index (κ2) is 6.83. The molecule has 9 nitrogen and oxygen atoms in total. The van der Waals surface area contributed by atoms with E-state index in [1.165, 1.54) is 7.11 Å². The first kappa shape index (κ1) is 18.0. The number of methoxy groups -OCH3 is 1. The summed E-state index contributed by atoms with van der Waals surface area (Å²) in [5, 5.41) is 5.33. The third-order valence-electron chi connectivity index (χ3n) is 4.35. The van der Waals surface area contributed by atoms with Gasteiger partial charge in [0.05, 0.1) is 6.61 Å². The molecule has 0 radical (unpaired) electrons. The van der Waals surface area contributed by atoms with Crippen LogP contribution in [-0.4, -0.2) is 55.8 Å². The number of amides is 4. The van der Waals surface area contributed by atoms with Crippen molar-refractivity contribution in [2.24, 2.45) is 0 Å². The molecule has 1 fully saturated rings. The number of benzene rings is 1. The first-order valence-corrected chi connectivity index (χ1v) is 8.17. The number of carbonyl (C=O) groups excluding carboxylic acids is 3. The molecule has 2 N–H and O–H groups in total. The quantitative estimate of drug-likeness (QED) is 0.706. The van der Waals surface area contributed by atoms with Crippen LogP contribution in [0.25, 0.3) is 0 Å². The molecular formula is C17H21N3O6. The fourth-order valence-corrected chi connectivity index (χ4v) is 3.00. The van der Waals surface area contributed by atoms with Crippen molar-refractivity contribution < 1.29 is 28.6 Å². The smallest absolute Gasteiger partial charge is 0.325 e. The molecule has 2 heterocycles. The Morgan fingerprint density at radius 2 is 2.12 bits per heavy atom. The summed E-state index contributed by atoms with van der Waals surface area (Å²) >= 11 is 0. The topological polar surface area (TPSA) is 106 Å². The minimum atomic E-state index is -1.28. The van der Waals surface area contributed by atoms with Gasteiger partial charge in [0.25, 0.3) is 5.91 Å². The minimum Gasteiger partial charge on any atom is -0.454 e. The Bertz CT molecular complexity index is 752. The van der Waals surface area contributed by atoms with Gasteiger partial charge in [0.15, 0.2) is 11.5 Å². The minimum absolute atomic E-state index is 0.113. The van der Waals surface area contributed by atoms with E-state index in [1.807, 2.05) is 0 Å². The highest BCUT2D eigenvalue weighted by molar-refractivity contribution is 6.09. The van der Waals surface area contributed by atoms with E-state index < -0.39 is 23.4 Å². The van der Waals surface area contributed by atoms with Crippen molar-refractivity contribution in [3.05, 3.63) is 23.8 Å². The van der Waals surface area contributed by atoms with E-state index >= 15 is 0 Å². The molecule has 9 heteroatoms. The van der Waals surface area contributed by atoms with E-state index in [1.54, 1.807) is 32.0 Å². The number of nitrogens with one attached hydrogen (secondary N) is 2. The van der Waals surface area contributed by atoms with E-state index in [-0.39, 0.29) is 19.4 Å². The van der Waals surface area contributed by atoms with Crippen LogP contribution in [0.15, 0.2) is 18.2 Å². The number of hydrogen-bond acceptors (Lipinski definition) is 6. The summed E-state index contributed by atoms with van der Waals surface area (Å²) < 4.78 is 15.5. The molecule has 0 aromatic heterocycles. The summed E-state index contributed by atoms with van der Waals surface area (Å²) in [5.74, 6) is 0.150. The summed E-state index contributed by atoms with van der Waals surface area (Å²) in [6.45, 7) is 3.45. The van der Waals surface area contributed by atoms with Gasteiger partial charge in [0, 0.05) is 13.2 Å². The summed E-state index contributed by atoms with van der Waals surface area (Å²) in [6, 6.07) is 4.18. The Balaban J connectivity index is 1.74. The number of fused-ring (bicyclic) bond motifs is 1. The average Bonchev–Trinajstić information content (AvgIpc) is 3.13. The van der Waals surface area contributed by atoms with Crippen LogP contribution < -0.4 is 20.1 Å². The number of imide groups is 1. The lowest BCUT2D eigenvalue weighted by Crippen LogP contribution is -2.45. The normalized spacial score (nSPS) is 22.3. The first-order chi connectivity index (χ1) is 12.3. The van der Waals surface area contributed by atoms with E-state index in [0.717, 1.165) is 4.90 Å². The molecular weight excluding hydrogens is 342 g/mol. The SMILES string of the molecule is COC[C@H](C)NC(=O)CN1C(=O)N[C@](C)(c2ccc3c(c2)OCO3)C1=O. The molecule has 2 aliphatic rings. The molecule has 4 amide bonds. The van der Waals surface area contributed by atoms with Gasteiger partial charge in [0.1, 0.15) is 12.1 Å². The predicted molar refractivity (Wildman–Crippen MR) is 89.6 cm³/mol. The summed E-state index contributed by atoms with van der Waals surface area (Å²) in [4.78, 5) is 38.1. The second-order valence-electron chi connectivity index (χ2n) is 6.44. The molecule has 1 aromatic rings. The second-order valence-corrected chi connectivity index (χ2v) is 6.44. The number of carbonyl (C=O) groups is 3. The molecule has 1 aromatic carbocycles. The number of rotatable bonds is 6. The maximum Gasteiger partial charge on any atom is 0.325 e. The van der Waals surface area contributed by atoms with Crippen molar-refractivity contribution in [3.63, 3.8) is 0 Å². The highest BCUT2D eigenvalue weighted by atomic mass is 16.7. The Morgan fingerprint density at radius 3 is 2.85 bits per heavy atom. The van der Waals surface area contributed by atoms with Crippen molar-refractivity contribution in [1.82, 2.24) is 15.5 Å². The van der Waals surface area contributed by atoms with Crippen LogP contribution in [-0.2, 0) is 19.9 Å². The van der Waals surface area contributed by atoms with Crippen LogP contribution in [0.2, 0.25) is 0 Å². The monoisotopic (exact) mass is 363 g/mol. The molecule has 1 saturated heterocycles. The molecule has 0 spiro atoms. The van der Waals surface area contributed by atoms with Crippen LogP contribution in [0.5, 0.6) is 11.5 Å². The zero-order valence-electron chi connectivity index (χ0n) is 14.8. The maximum absolute atomic E-state index is 12.9. The lowest BCUT2D eigenvalue weighted by molar-refractivity contribution is -0.135. The van der Waals surface area contributed by atoms with Gasteiger partial charge < -0.3 is 24.8 Å². The maximum atomic E-state index is 12.9. The standard InChI is InChI=1S/C17H21N3O6/c1-10(8-24-3)18-14(21)7-20-15(22)17(2,19-16(20)23)11-4-5-12-13(6-11)26-9-25-12/h4-6,10H,7-9H2,1-3H3,(H,18,21)(H,19,23)/t10-,17+/m0/s1.